The molecule has 0 aliphatic heterocycles. The van der Waals surface area contributed by atoms with Crippen LogP contribution in [0.2, 0.25) is 10.0 Å². The topological polar surface area (TPSA) is 84.9 Å². The fourth-order valence-corrected chi connectivity index (χ4v) is 3.93. The van der Waals surface area contributed by atoms with E-state index in [1.165, 1.54) is 18.3 Å². The van der Waals surface area contributed by atoms with Crippen molar-refractivity contribution in [2.24, 2.45) is 15.7 Å². The first-order valence-electron chi connectivity index (χ1n) is 8.78. The summed E-state index contributed by atoms with van der Waals surface area (Å²) in [5.74, 6) is 0.491. The predicted molar refractivity (Wildman–Crippen MR) is 128 cm³/mol. The van der Waals surface area contributed by atoms with Gasteiger partial charge >= 0.3 is 0 Å². The molecule has 0 radical (unpaired) electrons. The third-order valence-electron chi connectivity index (χ3n) is 4.04. The number of ether oxygens (including phenoxy) is 1. The van der Waals surface area contributed by atoms with Crippen LogP contribution in [0.5, 0.6) is 5.88 Å². The maximum Gasteiger partial charge on any atom is 0.228 e. The zero-order chi connectivity index (χ0) is 21.5. The molecule has 0 aliphatic carbocycles. The normalized spacial score (nSPS) is 11.3. The molecule has 0 fully saturated rings. The van der Waals surface area contributed by atoms with E-state index in [2.05, 4.69) is 19.7 Å². The van der Waals surface area contributed by atoms with Gasteiger partial charge in [0.25, 0.3) is 0 Å². The first-order chi connectivity index (χ1) is 14.5. The molecule has 154 valence electrons. The van der Waals surface area contributed by atoms with Gasteiger partial charge in [-0.05, 0) is 53.9 Å². The number of hydrogen-bond donors (Lipinski definition) is 2. The highest BCUT2D eigenvalue weighted by atomic mass is 35.5. The third kappa shape index (κ3) is 5.24. The van der Waals surface area contributed by atoms with Crippen LogP contribution in [0, 0.1) is 0 Å². The lowest BCUT2D eigenvalue weighted by molar-refractivity contribution is 0.387. The molecule has 0 saturated carbocycles. The van der Waals surface area contributed by atoms with Gasteiger partial charge in [-0.1, -0.05) is 29.3 Å². The molecule has 6 nitrogen and oxygen atoms in total. The van der Waals surface area contributed by atoms with Gasteiger partial charge in [0.2, 0.25) is 5.88 Å². The van der Waals surface area contributed by atoms with Crippen molar-refractivity contribution >= 4 is 59.1 Å². The highest BCUT2D eigenvalue weighted by Crippen LogP contribution is 2.35. The van der Waals surface area contributed by atoms with E-state index in [4.69, 9.17) is 33.7 Å². The zero-order valence-corrected chi connectivity index (χ0v) is 18.6. The van der Waals surface area contributed by atoms with E-state index in [0.717, 1.165) is 33.0 Å². The molecule has 3 N–H and O–H groups in total. The number of benzene rings is 2. The van der Waals surface area contributed by atoms with Gasteiger partial charge in [-0.2, -0.15) is 0 Å². The molecule has 1 heterocycles. The monoisotopic (exact) mass is 459 g/mol. The highest BCUT2D eigenvalue weighted by molar-refractivity contribution is 8.00. The summed E-state index contributed by atoms with van der Waals surface area (Å²) in [7, 11) is 3.27. The Balaban J connectivity index is 1.91. The summed E-state index contributed by atoms with van der Waals surface area (Å²) in [4.78, 5) is 13.2. The molecule has 3 aromatic rings. The molecule has 9 heteroatoms. The molecular formula is C21H19Cl2N5OS. The molecule has 0 unspecified atom stereocenters. The number of hydrogen-bond acceptors (Lipinski definition) is 6. The Kier molecular flexibility index (Phi) is 7.57. The van der Waals surface area contributed by atoms with Crippen LogP contribution in [0.4, 0.5) is 11.4 Å². The summed E-state index contributed by atoms with van der Waals surface area (Å²) in [5, 5.41) is 1.16. The van der Waals surface area contributed by atoms with E-state index in [0.29, 0.717) is 15.9 Å². The van der Waals surface area contributed by atoms with Gasteiger partial charge in [-0.25, -0.2) is 9.98 Å². The Hall–Kier alpha value is -2.74. The Bertz CT molecular complexity index is 1100. The minimum Gasteiger partial charge on any atom is -0.480 e. The molecule has 0 spiro atoms. The third-order valence-corrected chi connectivity index (χ3v) is 5.43. The second kappa shape index (κ2) is 10.3. The first kappa shape index (κ1) is 22.0. The second-order valence-corrected chi connectivity index (χ2v) is 7.69. The van der Waals surface area contributed by atoms with Gasteiger partial charge in [0.15, 0.2) is 0 Å². The van der Waals surface area contributed by atoms with Crippen molar-refractivity contribution in [2.45, 2.75) is 4.90 Å². The van der Waals surface area contributed by atoms with Crippen molar-refractivity contribution in [3.63, 3.8) is 0 Å². The number of halogens is 2. The van der Waals surface area contributed by atoms with E-state index < -0.39 is 0 Å². The summed E-state index contributed by atoms with van der Waals surface area (Å²) in [6.45, 7) is 0. The molecule has 0 amide bonds. The van der Waals surface area contributed by atoms with E-state index in [1.807, 2.05) is 36.4 Å². The minimum atomic E-state index is 0.491. The van der Waals surface area contributed by atoms with Crippen LogP contribution in [-0.4, -0.2) is 31.7 Å². The van der Waals surface area contributed by atoms with Crippen molar-refractivity contribution in [2.75, 3.05) is 18.9 Å². The van der Waals surface area contributed by atoms with Crippen molar-refractivity contribution < 1.29 is 4.74 Å². The summed E-state index contributed by atoms with van der Waals surface area (Å²) in [6.07, 6.45) is 4.53. The van der Waals surface area contributed by atoms with Crippen molar-refractivity contribution in [3.8, 4) is 17.0 Å². The Morgan fingerprint density at radius 3 is 2.73 bits per heavy atom. The largest absolute Gasteiger partial charge is 0.480 e. The van der Waals surface area contributed by atoms with Gasteiger partial charge in [0, 0.05) is 41.3 Å². The van der Waals surface area contributed by atoms with Gasteiger partial charge in [-0.3, -0.25) is 4.99 Å². The number of methoxy groups -OCH3 is 1. The van der Waals surface area contributed by atoms with Crippen LogP contribution in [0.1, 0.15) is 5.56 Å². The van der Waals surface area contributed by atoms with Crippen LogP contribution in [0.25, 0.3) is 11.1 Å². The zero-order valence-electron chi connectivity index (χ0n) is 16.3. The standard InChI is InChI=1S/C21H19Cl2N5OS/c1-25-10-14-7-13(3-6-19(14)27-12-24)17-9-16(4-5-18(17)23)28-30-20-8-15(22)11-26-21(20)29-2/h3-12,28H,1-2H3,(H2,24,27). The van der Waals surface area contributed by atoms with Gasteiger partial charge in [0.1, 0.15) is 0 Å². The number of pyridine rings is 1. The van der Waals surface area contributed by atoms with Gasteiger partial charge < -0.3 is 15.2 Å². The van der Waals surface area contributed by atoms with E-state index in [1.54, 1.807) is 32.6 Å². The number of aromatic nitrogens is 1. The fraction of sp³-hybridized carbons (Fsp3) is 0.0952. The average Bonchev–Trinajstić information content (AvgIpc) is 2.75. The average molecular weight is 460 g/mol. The Labute approximate surface area is 189 Å². The summed E-state index contributed by atoms with van der Waals surface area (Å²) in [6, 6.07) is 13.3. The molecule has 2 aromatic carbocycles. The quantitative estimate of drug-likeness (QED) is 0.263. The van der Waals surface area contributed by atoms with Crippen molar-refractivity contribution in [3.05, 3.63) is 64.3 Å². The number of nitrogens with zero attached hydrogens (tertiary/aromatic N) is 3. The number of rotatable bonds is 7. The molecule has 30 heavy (non-hydrogen) atoms. The first-order valence-corrected chi connectivity index (χ1v) is 10.4. The maximum absolute atomic E-state index is 6.48. The van der Waals surface area contributed by atoms with Gasteiger partial charge in [0.05, 0.1) is 29.1 Å². The lowest BCUT2D eigenvalue weighted by Crippen LogP contribution is -1.94. The molecular weight excluding hydrogens is 441 g/mol. The van der Waals surface area contributed by atoms with E-state index in [9.17, 15) is 0 Å². The summed E-state index contributed by atoms with van der Waals surface area (Å²) < 4.78 is 8.57. The van der Waals surface area contributed by atoms with Gasteiger partial charge in [-0.15, -0.1) is 0 Å². The number of aliphatic imine (C=N–C) groups is 2. The molecule has 0 saturated heterocycles. The van der Waals surface area contributed by atoms with Crippen LogP contribution < -0.4 is 15.2 Å². The van der Waals surface area contributed by atoms with E-state index >= 15 is 0 Å². The molecule has 3 rings (SSSR count). The van der Waals surface area contributed by atoms with Crippen LogP contribution in [-0.2, 0) is 0 Å². The smallest absolute Gasteiger partial charge is 0.228 e. The lowest BCUT2D eigenvalue weighted by Gasteiger charge is -2.12. The number of nitrogens with one attached hydrogen (secondary N) is 1. The van der Waals surface area contributed by atoms with Crippen LogP contribution in [0.15, 0.2) is 63.5 Å². The van der Waals surface area contributed by atoms with Crippen molar-refractivity contribution in [1.29, 1.82) is 0 Å². The second-order valence-electron chi connectivity index (χ2n) is 6.00. The van der Waals surface area contributed by atoms with Crippen LogP contribution in [0.3, 0.4) is 0 Å². The number of anilines is 1. The van der Waals surface area contributed by atoms with E-state index in [-0.39, 0.29) is 0 Å². The highest BCUT2D eigenvalue weighted by Gasteiger charge is 2.10. The maximum atomic E-state index is 6.48. The van der Waals surface area contributed by atoms with Crippen LogP contribution >= 0.6 is 35.1 Å². The fourth-order valence-electron chi connectivity index (χ4n) is 2.72. The van der Waals surface area contributed by atoms with Crippen molar-refractivity contribution in [1.82, 2.24) is 4.98 Å². The molecule has 0 bridgehead atoms. The lowest BCUT2D eigenvalue weighted by atomic mass is 10.0. The number of nitrogens with two attached hydrogens (primary N) is 1. The minimum absolute atomic E-state index is 0.491. The predicted octanol–water partition coefficient (Wildman–Crippen LogP) is 5.85. The molecule has 0 aliphatic rings. The summed E-state index contributed by atoms with van der Waals surface area (Å²) in [5.41, 5.74) is 9.67. The Morgan fingerprint density at radius 2 is 2.00 bits per heavy atom. The Morgan fingerprint density at radius 1 is 1.17 bits per heavy atom. The summed E-state index contributed by atoms with van der Waals surface area (Å²) >= 11 is 13.9. The molecule has 0 atom stereocenters. The molecule has 1 aromatic heterocycles. The SMILES string of the molecule is CN=Cc1cc(-c2cc(NSc3cc(Cl)cnc3OC)ccc2Cl)ccc1N=CN.